The number of aromatic nitrogens is 5. The first-order valence-corrected chi connectivity index (χ1v) is 7.87. The average molecular weight is 345 g/mol. The molecule has 0 unspecified atom stereocenters. The number of nitrogens with one attached hydrogen (secondary N) is 1. The zero-order chi connectivity index (χ0) is 17.8. The lowest BCUT2D eigenvalue weighted by Gasteiger charge is -2.06. The van der Waals surface area contributed by atoms with Crippen molar-refractivity contribution < 1.29 is 4.74 Å². The summed E-state index contributed by atoms with van der Waals surface area (Å²) in [6.45, 7) is 0. The second-order valence-electron chi connectivity index (χ2n) is 5.37. The van der Waals surface area contributed by atoms with E-state index in [0.717, 1.165) is 22.4 Å². The van der Waals surface area contributed by atoms with E-state index in [1.54, 1.807) is 36.6 Å². The average Bonchev–Trinajstić information content (AvgIpc) is 3.14. The summed E-state index contributed by atoms with van der Waals surface area (Å²) in [4.78, 5) is 12.6. The summed E-state index contributed by atoms with van der Waals surface area (Å²) in [5, 5.41) is 9.41. The van der Waals surface area contributed by atoms with Crippen molar-refractivity contribution in [1.29, 1.82) is 0 Å². The third-order valence-corrected chi connectivity index (χ3v) is 3.75. The van der Waals surface area contributed by atoms with E-state index in [9.17, 15) is 0 Å². The fourth-order valence-corrected chi connectivity index (χ4v) is 2.48. The number of nitrogens with zero attached hydrogens (tertiary/aromatic N) is 6. The Morgan fingerprint density at radius 1 is 1.15 bits per heavy atom. The van der Waals surface area contributed by atoms with Gasteiger partial charge in [-0.15, -0.1) is 0 Å². The number of hydrazone groups is 1. The van der Waals surface area contributed by atoms with Crippen LogP contribution in [0.5, 0.6) is 5.75 Å². The molecule has 4 rings (SSSR count). The highest BCUT2D eigenvalue weighted by Crippen LogP contribution is 2.23. The molecule has 3 aromatic heterocycles. The zero-order valence-electron chi connectivity index (χ0n) is 13.9. The Bertz CT molecular complexity index is 1060. The van der Waals surface area contributed by atoms with Crippen molar-refractivity contribution in [3.8, 4) is 11.4 Å². The second-order valence-corrected chi connectivity index (χ2v) is 5.37. The Kier molecular flexibility index (Phi) is 4.21. The lowest BCUT2D eigenvalue weighted by atomic mass is 10.3. The van der Waals surface area contributed by atoms with Crippen LogP contribution in [-0.4, -0.2) is 38.1 Å². The van der Waals surface area contributed by atoms with Gasteiger partial charge in [-0.25, -0.2) is 14.6 Å². The summed E-state index contributed by atoms with van der Waals surface area (Å²) in [6.07, 6.45) is 8.30. The van der Waals surface area contributed by atoms with E-state index in [1.807, 2.05) is 36.4 Å². The van der Waals surface area contributed by atoms with Crippen LogP contribution < -0.4 is 10.2 Å². The van der Waals surface area contributed by atoms with Crippen LogP contribution in [0.1, 0.15) is 5.56 Å². The van der Waals surface area contributed by atoms with E-state index in [2.05, 4.69) is 30.6 Å². The molecule has 3 heterocycles. The SMILES string of the molecule is COc1cccc(-n2ncc3c(N/N=C/c4ccncc4)ncnc32)c1. The van der Waals surface area contributed by atoms with Gasteiger partial charge in [0.15, 0.2) is 11.5 Å². The lowest BCUT2D eigenvalue weighted by molar-refractivity contribution is 0.414. The fraction of sp³-hybridized carbons (Fsp3) is 0.0556. The molecule has 128 valence electrons. The van der Waals surface area contributed by atoms with Gasteiger partial charge >= 0.3 is 0 Å². The number of methoxy groups -OCH3 is 1. The minimum absolute atomic E-state index is 0.578. The Hall–Kier alpha value is -3.81. The van der Waals surface area contributed by atoms with Crippen molar-refractivity contribution in [2.75, 3.05) is 12.5 Å². The molecule has 0 fully saturated rings. The summed E-state index contributed by atoms with van der Waals surface area (Å²) in [7, 11) is 1.63. The molecule has 0 aliphatic rings. The Balaban J connectivity index is 1.66. The van der Waals surface area contributed by atoms with Gasteiger partial charge in [-0.3, -0.25) is 10.4 Å². The second kappa shape index (κ2) is 6.98. The molecule has 26 heavy (non-hydrogen) atoms. The van der Waals surface area contributed by atoms with Crippen LogP contribution in [0, 0.1) is 0 Å². The lowest BCUT2D eigenvalue weighted by Crippen LogP contribution is -2.00. The van der Waals surface area contributed by atoms with Crippen molar-refractivity contribution in [2.45, 2.75) is 0 Å². The fourth-order valence-electron chi connectivity index (χ4n) is 2.48. The highest BCUT2D eigenvalue weighted by Gasteiger charge is 2.11. The summed E-state index contributed by atoms with van der Waals surface area (Å²) < 4.78 is 7.01. The van der Waals surface area contributed by atoms with Crippen LogP contribution in [-0.2, 0) is 0 Å². The van der Waals surface area contributed by atoms with Gasteiger partial charge in [-0.2, -0.15) is 10.2 Å². The number of ether oxygens (including phenoxy) is 1. The zero-order valence-corrected chi connectivity index (χ0v) is 13.9. The van der Waals surface area contributed by atoms with Gasteiger partial charge in [0.05, 0.1) is 30.6 Å². The summed E-state index contributed by atoms with van der Waals surface area (Å²) in [5.41, 5.74) is 5.41. The van der Waals surface area contributed by atoms with E-state index in [0.29, 0.717) is 11.5 Å². The molecule has 8 heteroatoms. The molecule has 0 amide bonds. The first-order valence-electron chi connectivity index (χ1n) is 7.87. The van der Waals surface area contributed by atoms with Crippen molar-refractivity contribution >= 4 is 23.1 Å². The summed E-state index contributed by atoms with van der Waals surface area (Å²) >= 11 is 0. The van der Waals surface area contributed by atoms with Gasteiger partial charge in [0.1, 0.15) is 12.1 Å². The van der Waals surface area contributed by atoms with Crippen molar-refractivity contribution in [3.63, 3.8) is 0 Å². The van der Waals surface area contributed by atoms with Crippen LogP contribution in [0.4, 0.5) is 5.82 Å². The van der Waals surface area contributed by atoms with Gasteiger partial charge in [0, 0.05) is 18.5 Å². The molecule has 0 radical (unpaired) electrons. The van der Waals surface area contributed by atoms with Crippen molar-refractivity contribution in [3.05, 3.63) is 66.9 Å². The van der Waals surface area contributed by atoms with Gasteiger partial charge in [0.25, 0.3) is 0 Å². The molecular weight excluding hydrogens is 330 g/mol. The van der Waals surface area contributed by atoms with Crippen LogP contribution in [0.25, 0.3) is 16.7 Å². The molecule has 0 bridgehead atoms. The molecule has 0 spiro atoms. The third kappa shape index (κ3) is 3.07. The van der Waals surface area contributed by atoms with Gasteiger partial charge in [-0.1, -0.05) is 6.07 Å². The number of anilines is 1. The topological polar surface area (TPSA) is 90.1 Å². The maximum atomic E-state index is 5.27. The standard InChI is InChI=1S/C18H15N7O/c1-26-15-4-2-3-14(9-15)25-18-16(11-23-25)17(20-12-21-18)24-22-10-13-5-7-19-8-6-13/h2-12H,1H3,(H,20,21,24)/b22-10+. The Morgan fingerprint density at radius 3 is 2.88 bits per heavy atom. The van der Waals surface area contributed by atoms with Crippen LogP contribution >= 0.6 is 0 Å². The molecule has 0 saturated heterocycles. The number of fused-ring (bicyclic) bond motifs is 1. The van der Waals surface area contributed by atoms with E-state index < -0.39 is 0 Å². The number of hydrogen-bond acceptors (Lipinski definition) is 7. The van der Waals surface area contributed by atoms with Crippen LogP contribution in [0.3, 0.4) is 0 Å². The summed E-state index contributed by atoms with van der Waals surface area (Å²) in [5.74, 6) is 1.33. The highest BCUT2D eigenvalue weighted by atomic mass is 16.5. The molecule has 1 N–H and O–H groups in total. The van der Waals surface area contributed by atoms with Crippen LogP contribution in [0.2, 0.25) is 0 Å². The van der Waals surface area contributed by atoms with Gasteiger partial charge < -0.3 is 4.74 Å². The molecule has 0 aliphatic carbocycles. The molecule has 0 aliphatic heterocycles. The highest BCUT2D eigenvalue weighted by molar-refractivity contribution is 5.88. The number of rotatable bonds is 5. The minimum Gasteiger partial charge on any atom is -0.497 e. The molecular formula is C18H15N7O. The number of pyridine rings is 1. The largest absolute Gasteiger partial charge is 0.497 e. The Morgan fingerprint density at radius 2 is 2.04 bits per heavy atom. The maximum absolute atomic E-state index is 5.27. The third-order valence-electron chi connectivity index (χ3n) is 3.75. The predicted molar refractivity (Wildman–Crippen MR) is 98.7 cm³/mol. The normalized spacial score (nSPS) is 11.1. The summed E-state index contributed by atoms with van der Waals surface area (Å²) in [6, 6.07) is 11.3. The molecule has 4 aromatic rings. The molecule has 0 saturated carbocycles. The predicted octanol–water partition coefficient (Wildman–Crippen LogP) is 2.67. The molecule has 0 atom stereocenters. The van der Waals surface area contributed by atoms with E-state index in [4.69, 9.17) is 4.74 Å². The van der Waals surface area contributed by atoms with Crippen molar-refractivity contribution in [1.82, 2.24) is 24.7 Å². The maximum Gasteiger partial charge on any atom is 0.168 e. The monoisotopic (exact) mass is 345 g/mol. The van der Waals surface area contributed by atoms with E-state index in [-0.39, 0.29) is 0 Å². The van der Waals surface area contributed by atoms with E-state index >= 15 is 0 Å². The Labute approximate surface area is 149 Å². The van der Waals surface area contributed by atoms with Crippen molar-refractivity contribution in [2.24, 2.45) is 5.10 Å². The van der Waals surface area contributed by atoms with Gasteiger partial charge in [0.2, 0.25) is 0 Å². The number of hydrogen-bond donors (Lipinski definition) is 1. The van der Waals surface area contributed by atoms with Crippen LogP contribution in [0.15, 0.2) is 66.4 Å². The van der Waals surface area contributed by atoms with E-state index in [1.165, 1.54) is 6.33 Å². The first-order chi connectivity index (χ1) is 12.8. The smallest absolute Gasteiger partial charge is 0.168 e. The quantitative estimate of drug-likeness (QED) is 0.442. The molecule has 1 aromatic carbocycles. The van der Waals surface area contributed by atoms with Gasteiger partial charge in [-0.05, 0) is 29.8 Å². The number of benzene rings is 1. The molecule has 8 nitrogen and oxygen atoms in total. The first kappa shape index (κ1) is 15.7. The minimum atomic E-state index is 0.578.